The molecular formula is C44H26O. The molecular weight excluding hydrogens is 544 g/mol. The van der Waals surface area contributed by atoms with Gasteiger partial charge in [0.2, 0.25) is 0 Å². The number of benzene rings is 9. The lowest BCUT2D eigenvalue weighted by Crippen LogP contribution is -1.91. The molecule has 0 amide bonds. The summed E-state index contributed by atoms with van der Waals surface area (Å²) in [5.41, 5.74) is 6.87. The van der Waals surface area contributed by atoms with Crippen molar-refractivity contribution in [1.29, 1.82) is 0 Å². The second kappa shape index (κ2) is 9.29. The van der Waals surface area contributed by atoms with Crippen LogP contribution >= 0.6 is 0 Å². The van der Waals surface area contributed by atoms with Gasteiger partial charge >= 0.3 is 0 Å². The van der Waals surface area contributed by atoms with E-state index in [0.717, 1.165) is 21.9 Å². The van der Waals surface area contributed by atoms with Crippen LogP contribution in [0.2, 0.25) is 0 Å². The molecule has 10 aromatic rings. The van der Waals surface area contributed by atoms with Crippen molar-refractivity contribution in [3.05, 3.63) is 158 Å². The van der Waals surface area contributed by atoms with Crippen molar-refractivity contribution in [2.45, 2.75) is 0 Å². The lowest BCUT2D eigenvalue weighted by Gasteiger charge is -2.18. The third-order valence-corrected chi connectivity index (χ3v) is 9.63. The summed E-state index contributed by atoms with van der Waals surface area (Å²) in [5, 5.41) is 14.7. The highest BCUT2D eigenvalue weighted by Gasteiger charge is 2.20. The van der Waals surface area contributed by atoms with Crippen LogP contribution in [0, 0.1) is 0 Å². The molecule has 0 radical (unpaired) electrons. The molecule has 0 unspecified atom stereocenters. The Morgan fingerprint density at radius 3 is 1.53 bits per heavy atom. The quantitative estimate of drug-likeness (QED) is 0.149. The first-order chi connectivity index (χ1) is 22.3. The predicted molar refractivity (Wildman–Crippen MR) is 192 cm³/mol. The zero-order chi connectivity index (χ0) is 29.5. The Balaban J connectivity index is 1.34. The summed E-state index contributed by atoms with van der Waals surface area (Å²) in [6.45, 7) is 0. The maximum absolute atomic E-state index is 6.66. The summed E-state index contributed by atoms with van der Waals surface area (Å²) in [4.78, 5) is 0. The molecule has 0 fully saturated rings. The monoisotopic (exact) mass is 570 g/mol. The molecule has 0 N–H and O–H groups in total. The van der Waals surface area contributed by atoms with Crippen LogP contribution in [0.4, 0.5) is 0 Å². The van der Waals surface area contributed by atoms with Gasteiger partial charge in [0.15, 0.2) is 0 Å². The Morgan fingerprint density at radius 1 is 0.333 bits per heavy atom. The van der Waals surface area contributed by atoms with Crippen LogP contribution < -0.4 is 0 Å². The smallest absolute Gasteiger partial charge is 0.143 e. The summed E-state index contributed by atoms with van der Waals surface area (Å²) in [5.74, 6) is 0. The summed E-state index contributed by atoms with van der Waals surface area (Å²) in [7, 11) is 0. The third kappa shape index (κ3) is 3.44. The lowest BCUT2D eigenvalue weighted by atomic mass is 9.84. The van der Waals surface area contributed by atoms with E-state index in [2.05, 4.69) is 158 Å². The van der Waals surface area contributed by atoms with Crippen molar-refractivity contribution in [1.82, 2.24) is 0 Å². The van der Waals surface area contributed by atoms with Crippen LogP contribution in [0.5, 0.6) is 0 Å². The fourth-order valence-corrected chi connectivity index (χ4v) is 7.74. The highest BCUT2D eigenvalue weighted by atomic mass is 16.3. The lowest BCUT2D eigenvalue weighted by molar-refractivity contribution is 0.673. The van der Waals surface area contributed by atoms with E-state index in [9.17, 15) is 0 Å². The van der Waals surface area contributed by atoms with Gasteiger partial charge in [0.25, 0.3) is 0 Å². The van der Waals surface area contributed by atoms with Crippen molar-refractivity contribution >= 4 is 75.8 Å². The van der Waals surface area contributed by atoms with Crippen molar-refractivity contribution in [2.75, 3.05) is 0 Å². The van der Waals surface area contributed by atoms with Gasteiger partial charge in [-0.15, -0.1) is 0 Å². The molecule has 0 saturated heterocycles. The Labute approximate surface area is 259 Å². The molecule has 1 heteroatoms. The minimum atomic E-state index is 0.913. The summed E-state index contributed by atoms with van der Waals surface area (Å²) in [6, 6.07) is 57.2. The zero-order valence-corrected chi connectivity index (χ0v) is 24.4. The van der Waals surface area contributed by atoms with Gasteiger partial charge in [-0.05, 0) is 82.9 Å². The van der Waals surface area contributed by atoms with Crippen LogP contribution in [-0.4, -0.2) is 0 Å². The maximum atomic E-state index is 6.66. The molecule has 1 heterocycles. The SMILES string of the molecule is c1ccc2c(-c3c4ccccc4c(-c4ccc5oc6c7ccccc7c7ccccc7c6c5c4)c4ccccc34)cccc2c1. The molecule has 10 rings (SSSR count). The van der Waals surface area contributed by atoms with Crippen LogP contribution in [0.1, 0.15) is 0 Å². The number of hydrogen-bond acceptors (Lipinski definition) is 1. The van der Waals surface area contributed by atoms with Crippen molar-refractivity contribution in [3.63, 3.8) is 0 Å². The second-order valence-corrected chi connectivity index (χ2v) is 12.0. The Bertz CT molecular complexity index is 2750. The highest BCUT2D eigenvalue weighted by Crippen LogP contribution is 2.47. The first kappa shape index (κ1) is 24.5. The molecule has 45 heavy (non-hydrogen) atoms. The van der Waals surface area contributed by atoms with Gasteiger partial charge in [0, 0.05) is 16.2 Å². The largest absolute Gasteiger partial charge is 0.455 e. The molecule has 1 aromatic heterocycles. The molecule has 0 aliphatic heterocycles. The Kier molecular flexibility index (Phi) is 5.06. The van der Waals surface area contributed by atoms with Gasteiger partial charge in [-0.3, -0.25) is 0 Å². The van der Waals surface area contributed by atoms with E-state index in [-0.39, 0.29) is 0 Å². The maximum Gasteiger partial charge on any atom is 0.143 e. The van der Waals surface area contributed by atoms with E-state index in [4.69, 9.17) is 4.42 Å². The minimum absolute atomic E-state index is 0.913. The van der Waals surface area contributed by atoms with E-state index in [0.29, 0.717) is 0 Å². The molecule has 208 valence electrons. The van der Waals surface area contributed by atoms with E-state index >= 15 is 0 Å². The van der Waals surface area contributed by atoms with Crippen molar-refractivity contribution < 1.29 is 4.42 Å². The predicted octanol–water partition coefficient (Wildman–Crippen LogP) is 12.7. The zero-order valence-electron chi connectivity index (χ0n) is 24.4. The van der Waals surface area contributed by atoms with E-state index in [1.54, 1.807) is 0 Å². The van der Waals surface area contributed by atoms with Gasteiger partial charge in [-0.25, -0.2) is 0 Å². The third-order valence-electron chi connectivity index (χ3n) is 9.63. The fraction of sp³-hybridized carbons (Fsp3) is 0. The number of hydrogen-bond donors (Lipinski definition) is 0. The molecule has 0 saturated carbocycles. The van der Waals surface area contributed by atoms with Gasteiger partial charge in [0.05, 0.1) is 0 Å². The molecule has 1 nitrogen and oxygen atoms in total. The summed E-state index contributed by atoms with van der Waals surface area (Å²) in [6.07, 6.45) is 0. The summed E-state index contributed by atoms with van der Waals surface area (Å²) >= 11 is 0. The number of furan rings is 1. The average molecular weight is 571 g/mol. The topological polar surface area (TPSA) is 13.1 Å². The van der Waals surface area contributed by atoms with Crippen molar-refractivity contribution in [3.8, 4) is 22.3 Å². The van der Waals surface area contributed by atoms with Gasteiger partial charge in [-0.2, -0.15) is 0 Å². The molecule has 0 spiro atoms. The molecule has 0 bridgehead atoms. The number of fused-ring (bicyclic) bond motifs is 11. The first-order valence-electron chi connectivity index (χ1n) is 15.5. The first-order valence-corrected chi connectivity index (χ1v) is 15.5. The molecule has 0 aliphatic rings. The summed E-state index contributed by atoms with van der Waals surface area (Å²) < 4.78 is 6.66. The van der Waals surface area contributed by atoms with Gasteiger partial charge in [-0.1, -0.05) is 146 Å². The fourth-order valence-electron chi connectivity index (χ4n) is 7.74. The molecule has 0 atom stereocenters. The van der Waals surface area contributed by atoms with Crippen LogP contribution in [-0.2, 0) is 0 Å². The Morgan fingerprint density at radius 2 is 0.844 bits per heavy atom. The van der Waals surface area contributed by atoms with Gasteiger partial charge < -0.3 is 4.42 Å². The van der Waals surface area contributed by atoms with E-state index in [1.807, 2.05) is 0 Å². The standard InChI is InChI=1S/C44H26O/c1-2-14-29-27(12-1)13-11-23-32(29)42-36-20-8-6-18-34(36)41(35-19-7-9-21-37(35)42)28-24-25-40-39(26-28)43-33-17-5-3-15-30(33)31-16-4-10-22-38(31)44(43)45-40/h1-26H. The second-order valence-electron chi connectivity index (χ2n) is 12.0. The van der Waals surface area contributed by atoms with Crippen LogP contribution in [0.25, 0.3) is 98.1 Å². The minimum Gasteiger partial charge on any atom is -0.455 e. The molecule has 0 aliphatic carbocycles. The average Bonchev–Trinajstić information content (AvgIpc) is 3.50. The van der Waals surface area contributed by atoms with E-state index in [1.165, 1.54) is 76.1 Å². The normalized spacial score (nSPS) is 12.0. The number of rotatable bonds is 2. The van der Waals surface area contributed by atoms with E-state index < -0.39 is 0 Å². The van der Waals surface area contributed by atoms with Crippen molar-refractivity contribution in [2.24, 2.45) is 0 Å². The highest BCUT2D eigenvalue weighted by molar-refractivity contribution is 6.31. The van der Waals surface area contributed by atoms with Crippen LogP contribution in [0.3, 0.4) is 0 Å². The Hall–Kier alpha value is -5.92. The van der Waals surface area contributed by atoms with Gasteiger partial charge in [0.1, 0.15) is 11.2 Å². The molecule has 9 aromatic carbocycles. The van der Waals surface area contributed by atoms with Crippen LogP contribution in [0.15, 0.2) is 162 Å².